The summed E-state index contributed by atoms with van der Waals surface area (Å²) in [5.74, 6) is 2.68. The third kappa shape index (κ3) is 5.83. The second kappa shape index (κ2) is 10.5. The van der Waals surface area contributed by atoms with E-state index in [4.69, 9.17) is 4.98 Å². The van der Waals surface area contributed by atoms with Crippen molar-refractivity contribution >= 4 is 17.7 Å². The van der Waals surface area contributed by atoms with Gasteiger partial charge in [0.25, 0.3) is 0 Å². The molecule has 1 N–H and O–H groups in total. The number of fused-ring (bicyclic) bond motifs is 1. The Hall–Kier alpha value is -2.89. The number of amides is 2. The highest BCUT2D eigenvalue weighted by Gasteiger charge is 2.37. The first-order valence-corrected chi connectivity index (χ1v) is 13.2. The maximum Gasteiger partial charge on any atom is 0.406 e. The minimum atomic E-state index is -4.48. The van der Waals surface area contributed by atoms with Crippen LogP contribution in [-0.2, 0) is 13.1 Å². The van der Waals surface area contributed by atoms with Gasteiger partial charge in [-0.05, 0) is 44.7 Å². The van der Waals surface area contributed by atoms with Gasteiger partial charge in [-0.1, -0.05) is 13.8 Å². The highest BCUT2D eigenvalue weighted by Crippen LogP contribution is 2.35. The lowest BCUT2D eigenvalue weighted by Gasteiger charge is -2.36. The van der Waals surface area contributed by atoms with E-state index in [9.17, 15) is 18.0 Å². The summed E-state index contributed by atoms with van der Waals surface area (Å²) >= 11 is 0. The molecule has 3 aliphatic rings. The fourth-order valence-electron chi connectivity index (χ4n) is 5.56. The number of hydrogen-bond donors (Lipinski definition) is 1. The number of imidazole rings is 1. The smallest absolute Gasteiger partial charge is 0.356 e. The van der Waals surface area contributed by atoms with Crippen LogP contribution in [0.3, 0.4) is 0 Å². The molecule has 0 aliphatic carbocycles. The molecule has 9 nitrogen and oxygen atoms in total. The molecule has 12 heteroatoms. The van der Waals surface area contributed by atoms with Crippen molar-refractivity contribution in [2.45, 2.75) is 70.6 Å². The van der Waals surface area contributed by atoms with E-state index in [1.807, 2.05) is 0 Å². The Morgan fingerprint density at radius 2 is 1.81 bits per heavy atom. The highest BCUT2D eigenvalue weighted by molar-refractivity contribution is 5.92. The quantitative estimate of drug-likeness (QED) is 0.590. The van der Waals surface area contributed by atoms with Crippen molar-refractivity contribution < 1.29 is 18.0 Å². The number of anilines is 2. The van der Waals surface area contributed by atoms with Crippen molar-refractivity contribution in [1.82, 2.24) is 29.3 Å². The molecule has 0 spiro atoms. The molecule has 5 heterocycles. The molecule has 2 fully saturated rings. The molecule has 0 aromatic carbocycles. The average molecular weight is 521 g/mol. The van der Waals surface area contributed by atoms with E-state index in [2.05, 4.69) is 49.7 Å². The van der Waals surface area contributed by atoms with E-state index in [1.54, 1.807) is 0 Å². The maximum atomic E-state index is 13.0. The van der Waals surface area contributed by atoms with Crippen molar-refractivity contribution in [3.63, 3.8) is 0 Å². The number of nitrogens with one attached hydrogen (secondary N) is 1. The van der Waals surface area contributed by atoms with E-state index < -0.39 is 18.8 Å². The molecule has 0 unspecified atom stereocenters. The molecule has 2 saturated heterocycles. The van der Waals surface area contributed by atoms with E-state index in [0.717, 1.165) is 42.3 Å². The number of carbonyl (C=O) groups is 1. The minimum absolute atomic E-state index is 0.171. The fraction of sp³-hybridized carbons (Fsp3) is 0.680. The lowest BCUT2D eigenvalue weighted by molar-refractivity contribution is -0.140. The van der Waals surface area contributed by atoms with Crippen LogP contribution in [0.25, 0.3) is 0 Å². The van der Waals surface area contributed by atoms with Crippen LogP contribution in [0.15, 0.2) is 12.5 Å². The molecule has 2 aromatic heterocycles. The Bertz CT molecular complexity index is 1100. The van der Waals surface area contributed by atoms with Gasteiger partial charge < -0.3 is 19.3 Å². The van der Waals surface area contributed by atoms with Gasteiger partial charge in [0, 0.05) is 38.3 Å². The Balaban J connectivity index is 1.29. The zero-order chi connectivity index (χ0) is 26.2. The van der Waals surface area contributed by atoms with Crippen molar-refractivity contribution in [2.75, 3.05) is 49.5 Å². The summed E-state index contributed by atoms with van der Waals surface area (Å²) in [4.78, 5) is 31.1. The number of alkyl halides is 3. The fourth-order valence-corrected chi connectivity index (χ4v) is 5.56. The van der Waals surface area contributed by atoms with Crippen LogP contribution in [0, 0.1) is 0 Å². The second-order valence-electron chi connectivity index (χ2n) is 10.6. The van der Waals surface area contributed by atoms with E-state index in [0.29, 0.717) is 36.3 Å². The average Bonchev–Trinajstić information content (AvgIpc) is 3.52. The van der Waals surface area contributed by atoms with Crippen LogP contribution in [0.2, 0.25) is 0 Å². The van der Waals surface area contributed by atoms with E-state index in [-0.39, 0.29) is 12.4 Å². The first-order valence-electron chi connectivity index (χ1n) is 13.2. The Morgan fingerprint density at radius 1 is 1.08 bits per heavy atom. The van der Waals surface area contributed by atoms with E-state index in [1.165, 1.54) is 32.3 Å². The molecule has 2 aromatic rings. The van der Waals surface area contributed by atoms with Crippen LogP contribution in [-0.4, -0.2) is 80.8 Å². The van der Waals surface area contributed by atoms with Crippen LogP contribution < -0.4 is 10.2 Å². The van der Waals surface area contributed by atoms with Crippen molar-refractivity contribution in [3.8, 4) is 0 Å². The summed E-state index contributed by atoms with van der Waals surface area (Å²) < 4.78 is 41.3. The van der Waals surface area contributed by atoms with E-state index >= 15 is 0 Å². The van der Waals surface area contributed by atoms with Gasteiger partial charge in [-0.15, -0.1) is 0 Å². The third-order valence-electron chi connectivity index (χ3n) is 7.59. The molecule has 0 saturated carbocycles. The van der Waals surface area contributed by atoms with Crippen LogP contribution in [0.4, 0.5) is 29.6 Å². The molecule has 202 valence electrons. The third-order valence-corrected chi connectivity index (χ3v) is 7.59. The van der Waals surface area contributed by atoms with Gasteiger partial charge in [-0.25, -0.2) is 19.7 Å². The molecular formula is C25H35F3N8O. The number of nitrogens with zero attached hydrogens (tertiary/aromatic N) is 7. The summed E-state index contributed by atoms with van der Waals surface area (Å²) in [6.07, 6.45) is 3.38. The summed E-state index contributed by atoms with van der Waals surface area (Å²) in [5.41, 5.74) is 1.64. The SMILES string of the molecule is CC(C)c1cn(CCN2CCCC2)c(C2CCN(c3ncnc4c3CN(CC(F)(F)F)C(=O)N4)CC2)n1. The van der Waals surface area contributed by atoms with Crippen LogP contribution >= 0.6 is 0 Å². The molecule has 5 rings (SSSR count). The number of halogens is 3. The van der Waals surface area contributed by atoms with Gasteiger partial charge in [0.05, 0.1) is 17.8 Å². The topological polar surface area (TPSA) is 82.4 Å². The predicted molar refractivity (Wildman–Crippen MR) is 134 cm³/mol. The van der Waals surface area contributed by atoms with Gasteiger partial charge in [-0.3, -0.25) is 5.32 Å². The number of likely N-dealkylation sites (tertiary alicyclic amines) is 1. The van der Waals surface area contributed by atoms with Gasteiger partial charge in [0.15, 0.2) is 0 Å². The van der Waals surface area contributed by atoms with Gasteiger partial charge in [-0.2, -0.15) is 13.2 Å². The number of carbonyl (C=O) groups excluding carboxylic acids is 1. The molecule has 2 amide bonds. The number of hydrogen-bond acceptors (Lipinski definition) is 6. The van der Waals surface area contributed by atoms with Crippen LogP contribution in [0.1, 0.15) is 68.4 Å². The number of urea groups is 1. The lowest BCUT2D eigenvalue weighted by atomic mass is 9.95. The monoisotopic (exact) mass is 520 g/mol. The molecule has 0 atom stereocenters. The summed E-state index contributed by atoms with van der Waals surface area (Å²) in [7, 11) is 0. The van der Waals surface area contributed by atoms with Gasteiger partial charge >= 0.3 is 12.2 Å². The Morgan fingerprint density at radius 3 is 2.49 bits per heavy atom. The highest BCUT2D eigenvalue weighted by atomic mass is 19.4. The van der Waals surface area contributed by atoms with Gasteiger partial charge in [0.2, 0.25) is 0 Å². The predicted octanol–water partition coefficient (Wildman–Crippen LogP) is 4.19. The molecule has 37 heavy (non-hydrogen) atoms. The summed E-state index contributed by atoms with van der Waals surface area (Å²) in [6.45, 7) is 8.57. The van der Waals surface area contributed by atoms with Gasteiger partial charge in [0.1, 0.15) is 30.3 Å². The summed E-state index contributed by atoms with van der Waals surface area (Å²) in [5, 5.41) is 2.50. The van der Waals surface area contributed by atoms with Crippen molar-refractivity contribution in [1.29, 1.82) is 0 Å². The lowest BCUT2D eigenvalue weighted by Crippen LogP contribution is -2.45. The zero-order valence-electron chi connectivity index (χ0n) is 21.5. The van der Waals surface area contributed by atoms with Crippen LogP contribution in [0.5, 0.6) is 0 Å². The largest absolute Gasteiger partial charge is 0.406 e. The maximum absolute atomic E-state index is 13.0. The molecule has 3 aliphatic heterocycles. The second-order valence-corrected chi connectivity index (χ2v) is 10.6. The molecule has 0 radical (unpaired) electrons. The summed E-state index contributed by atoms with van der Waals surface area (Å²) in [6, 6.07) is -0.796. The first kappa shape index (κ1) is 25.7. The number of piperidine rings is 1. The number of aromatic nitrogens is 4. The Kier molecular flexibility index (Phi) is 7.28. The number of rotatable bonds is 7. The van der Waals surface area contributed by atoms with Crippen molar-refractivity contribution in [3.05, 3.63) is 29.6 Å². The normalized spacial score (nSPS) is 19.6. The zero-order valence-corrected chi connectivity index (χ0v) is 21.5. The molecular weight excluding hydrogens is 485 g/mol. The standard InChI is InChI=1S/C25H35F3N8O/c1-17(2)20-14-35(12-11-33-7-3-4-8-33)22(31-20)18-5-9-34(10-6-18)23-19-13-36(15-25(26,27)28)24(37)32-21(19)29-16-30-23/h14,16-18H,3-13,15H2,1-2H3,(H,29,30,32,37). The minimum Gasteiger partial charge on any atom is -0.356 e. The first-order chi connectivity index (χ1) is 17.7. The molecule has 0 bridgehead atoms. The Labute approximate surface area is 215 Å². The van der Waals surface area contributed by atoms with Crippen molar-refractivity contribution in [2.24, 2.45) is 0 Å².